The first-order valence-corrected chi connectivity index (χ1v) is 10.8. The molecule has 164 valence electrons. The Labute approximate surface area is 178 Å². The van der Waals surface area contributed by atoms with Gasteiger partial charge in [-0.1, -0.05) is 31.2 Å². The third kappa shape index (κ3) is 4.94. The van der Waals surface area contributed by atoms with Crippen molar-refractivity contribution in [3.8, 4) is 0 Å². The highest BCUT2D eigenvalue weighted by atomic mass is 16.6. The fourth-order valence-electron chi connectivity index (χ4n) is 4.53. The van der Waals surface area contributed by atoms with Crippen molar-refractivity contribution in [1.29, 1.82) is 0 Å². The third-order valence-electron chi connectivity index (χ3n) is 5.99. The van der Waals surface area contributed by atoms with Gasteiger partial charge in [0.2, 0.25) is 11.8 Å². The molecular weight excluding hydrogens is 382 g/mol. The minimum Gasteiger partial charge on any atom is -0.444 e. The number of aryl methyl sites for hydroxylation is 1. The average Bonchev–Trinajstić information content (AvgIpc) is 3.28. The summed E-state index contributed by atoms with van der Waals surface area (Å²) in [6, 6.07) is 6.48. The zero-order valence-electron chi connectivity index (χ0n) is 18.3. The van der Waals surface area contributed by atoms with Gasteiger partial charge in [0, 0.05) is 12.5 Å². The number of amides is 3. The van der Waals surface area contributed by atoms with Crippen molar-refractivity contribution in [2.24, 2.45) is 11.7 Å². The highest BCUT2D eigenvalue weighted by Crippen LogP contribution is 2.43. The normalized spacial score (nSPS) is 23.9. The first kappa shape index (κ1) is 22.1. The van der Waals surface area contributed by atoms with E-state index in [9.17, 15) is 14.4 Å². The van der Waals surface area contributed by atoms with Crippen LogP contribution in [0.5, 0.6) is 0 Å². The number of rotatable bonds is 6. The Morgan fingerprint density at radius 3 is 2.37 bits per heavy atom. The van der Waals surface area contributed by atoms with Crippen molar-refractivity contribution in [3.63, 3.8) is 0 Å². The van der Waals surface area contributed by atoms with E-state index in [1.165, 1.54) is 5.56 Å². The van der Waals surface area contributed by atoms with E-state index in [4.69, 9.17) is 10.5 Å². The maximum absolute atomic E-state index is 13.2. The maximum Gasteiger partial charge on any atom is 0.411 e. The third-order valence-corrected chi connectivity index (χ3v) is 5.99. The number of primary amides is 1. The quantitative estimate of drug-likeness (QED) is 0.745. The number of likely N-dealkylation sites (tertiary alicyclic amines) is 1. The zero-order chi connectivity index (χ0) is 22.1. The standard InChI is InChI=1S/C23H33N3O4/c1-5-14-6-8-15(9-7-14)12-18(20(24)27)25-21(28)19-16-10-11-17(13-16)26(19)22(29)30-23(2,3)4/h6-9,16-19H,5,10-13H2,1-4H3,(H2,24,27)(H,25,28). The molecule has 2 aliphatic rings. The van der Waals surface area contributed by atoms with E-state index in [2.05, 4.69) is 12.2 Å². The van der Waals surface area contributed by atoms with E-state index < -0.39 is 29.7 Å². The van der Waals surface area contributed by atoms with Crippen molar-refractivity contribution in [2.75, 3.05) is 0 Å². The minimum atomic E-state index is -0.829. The molecule has 3 N–H and O–H groups in total. The van der Waals surface area contributed by atoms with Crippen LogP contribution in [0.25, 0.3) is 0 Å². The van der Waals surface area contributed by atoms with Crippen molar-refractivity contribution in [2.45, 2.75) is 83.5 Å². The van der Waals surface area contributed by atoms with Crippen molar-refractivity contribution < 1.29 is 19.1 Å². The number of hydrogen-bond acceptors (Lipinski definition) is 4. The Balaban J connectivity index is 1.72. The lowest BCUT2D eigenvalue weighted by Crippen LogP contribution is -2.57. The van der Waals surface area contributed by atoms with Gasteiger partial charge < -0.3 is 15.8 Å². The molecule has 3 rings (SSSR count). The lowest BCUT2D eigenvalue weighted by atomic mass is 9.97. The van der Waals surface area contributed by atoms with Crippen LogP contribution in [-0.4, -0.2) is 46.5 Å². The van der Waals surface area contributed by atoms with Gasteiger partial charge in [0.1, 0.15) is 17.7 Å². The van der Waals surface area contributed by atoms with Crippen LogP contribution in [0.15, 0.2) is 24.3 Å². The van der Waals surface area contributed by atoms with Crippen LogP contribution < -0.4 is 11.1 Å². The number of benzene rings is 1. The van der Waals surface area contributed by atoms with Crippen molar-refractivity contribution in [1.82, 2.24) is 10.2 Å². The van der Waals surface area contributed by atoms with Gasteiger partial charge in [-0.15, -0.1) is 0 Å². The molecule has 7 nitrogen and oxygen atoms in total. The van der Waals surface area contributed by atoms with Crippen LogP contribution in [0, 0.1) is 5.92 Å². The summed E-state index contributed by atoms with van der Waals surface area (Å²) in [5.74, 6) is -0.836. The molecule has 2 fully saturated rings. The van der Waals surface area contributed by atoms with Crippen LogP contribution in [0.4, 0.5) is 4.79 Å². The Morgan fingerprint density at radius 1 is 1.17 bits per heavy atom. The van der Waals surface area contributed by atoms with Gasteiger partial charge >= 0.3 is 6.09 Å². The molecule has 0 radical (unpaired) electrons. The van der Waals surface area contributed by atoms with Crippen LogP contribution in [-0.2, 0) is 27.2 Å². The molecule has 1 aliphatic heterocycles. The summed E-state index contributed by atoms with van der Waals surface area (Å²) in [5.41, 5.74) is 7.07. The topological polar surface area (TPSA) is 102 Å². The second-order valence-corrected chi connectivity index (χ2v) is 9.40. The number of nitrogens with one attached hydrogen (secondary N) is 1. The van der Waals surface area contributed by atoms with Gasteiger partial charge in [-0.25, -0.2) is 4.79 Å². The summed E-state index contributed by atoms with van der Waals surface area (Å²) in [5, 5.41) is 2.81. The number of carbonyl (C=O) groups is 3. The maximum atomic E-state index is 13.2. The second kappa shape index (κ2) is 8.66. The lowest BCUT2D eigenvalue weighted by molar-refractivity contribution is -0.132. The molecule has 0 spiro atoms. The van der Waals surface area contributed by atoms with Gasteiger partial charge in [-0.05, 0) is 63.5 Å². The number of ether oxygens (including phenoxy) is 1. The molecule has 1 saturated heterocycles. The van der Waals surface area contributed by atoms with Crippen LogP contribution in [0.1, 0.15) is 58.1 Å². The number of hydrogen-bond donors (Lipinski definition) is 2. The number of nitrogens with zero attached hydrogens (tertiary/aromatic N) is 1. The first-order chi connectivity index (χ1) is 14.1. The Bertz CT molecular complexity index is 800. The molecule has 1 saturated carbocycles. The number of nitrogens with two attached hydrogens (primary N) is 1. The average molecular weight is 416 g/mol. The molecule has 2 bridgehead atoms. The molecule has 7 heteroatoms. The molecule has 3 amide bonds. The molecular formula is C23H33N3O4. The van der Waals surface area contributed by atoms with Crippen molar-refractivity contribution >= 4 is 17.9 Å². The zero-order valence-corrected chi connectivity index (χ0v) is 18.3. The highest BCUT2D eigenvalue weighted by molar-refractivity contribution is 5.91. The second-order valence-electron chi connectivity index (χ2n) is 9.40. The molecule has 4 unspecified atom stereocenters. The predicted octanol–water partition coefficient (Wildman–Crippen LogP) is 2.55. The number of fused-ring (bicyclic) bond motifs is 2. The summed E-state index contributed by atoms with van der Waals surface area (Å²) < 4.78 is 5.54. The van der Waals surface area contributed by atoms with E-state index in [-0.39, 0.29) is 17.9 Å². The summed E-state index contributed by atoms with van der Waals surface area (Å²) >= 11 is 0. The smallest absolute Gasteiger partial charge is 0.411 e. The molecule has 1 aliphatic carbocycles. The van der Waals surface area contributed by atoms with Gasteiger partial charge in [0.15, 0.2) is 0 Å². The largest absolute Gasteiger partial charge is 0.444 e. The fraction of sp³-hybridized carbons (Fsp3) is 0.609. The van der Waals surface area contributed by atoms with Crippen LogP contribution >= 0.6 is 0 Å². The van der Waals surface area contributed by atoms with E-state index in [1.54, 1.807) is 25.7 Å². The molecule has 0 aromatic heterocycles. The SMILES string of the molecule is CCc1ccc(CC(NC(=O)C2C3CCC(C3)N2C(=O)OC(C)(C)C)C(N)=O)cc1. The van der Waals surface area contributed by atoms with Crippen molar-refractivity contribution in [3.05, 3.63) is 35.4 Å². The molecule has 1 aromatic rings. The van der Waals surface area contributed by atoms with Crippen LogP contribution in [0.2, 0.25) is 0 Å². The number of piperidine rings is 1. The summed E-state index contributed by atoms with van der Waals surface area (Å²) in [6.45, 7) is 7.50. The molecule has 1 heterocycles. The Hall–Kier alpha value is -2.57. The van der Waals surface area contributed by atoms with Gasteiger partial charge in [0.05, 0.1) is 0 Å². The van der Waals surface area contributed by atoms with Gasteiger partial charge in [-0.3, -0.25) is 14.5 Å². The summed E-state index contributed by atoms with van der Waals surface area (Å²) in [6.07, 6.45) is 3.33. The predicted molar refractivity (Wildman–Crippen MR) is 114 cm³/mol. The minimum absolute atomic E-state index is 0.00853. The fourth-order valence-corrected chi connectivity index (χ4v) is 4.53. The van der Waals surface area contributed by atoms with E-state index in [0.29, 0.717) is 6.42 Å². The monoisotopic (exact) mass is 415 g/mol. The molecule has 1 aromatic carbocycles. The van der Waals surface area contributed by atoms with Gasteiger partial charge in [0.25, 0.3) is 0 Å². The summed E-state index contributed by atoms with van der Waals surface area (Å²) in [4.78, 5) is 39.5. The van der Waals surface area contributed by atoms with Gasteiger partial charge in [-0.2, -0.15) is 0 Å². The number of carbonyl (C=O) groups excluding carboxylic acids is 3. The van der Waals surface area contributed by atoms with Crippen LogP contribution in [0.3, 0.4) is 0 Å². The Kier molecular flexibility index (Phi) is 6.38. The van der Waals surface area contributed by atoms with E-state index in [0.717, 1.165) is 31.2 Å². The van der Waals surface area contributed by atoms with E-state index in [1.807, 2.05) is 24.3 Å². The first-order valence-electron chi connectivity index (χ1n) is 10.8. The lowest BCUT2D eigenvalue weighted by Gasteiger charge is -2.36. The molecule has 30 heavy (non-hydrogen) atoms. The summed E-state index contributed by atoms with van der Waals surface area (Å²) in [7, 11) is 0. The molecule has 4 atom stereocenters. The Morgan fingerprint density at radius 2 is 1.80 bits per heavy atom. The highest BCUT2D eigenvalue weighted by Gasteiger charge is 2.52. The van der Waals surface area contributed by atoms with E-state index >= 15 is 0 Å².